The average Bonchev–Trinajstić information content (AvgIpc) is 3.05. The number of methoxy groups -OCH3 is 1. The molecular formula is C36H35ClF3N3O6. The number of anilines is 2. The van der Waals surface area contributed by atoms with Gasteiger partial charge >= 0.3 is 12.1 Å². The lowest BCUT2D eigenvalue weighted by molar-refractivity contribution is -0.219. The van der Waals surface area contributed by atoms with Crippen LogP contribution < -0.4 is 19.5 Å². The van der Waals surface area contributed by atoms with Crippen molar-refractivity contribution in [1.29, 1.82) is 0 Å². The Morgan fingerprint density at radius 1 is 1.04 bits per heavy atom. The first-order valence-corrected chi connectivity index (χ1v) is 15.8. The lowest BCUT2D eigenvalue weighted by Gasteiger charge is -2.34. The first-order valence-electron chi connectivity index (χ1n) is 15.4. The molecule has 0 fully saturated rings. The first kappa shape index (κ1) is 35.6. The predicted octanol–water partition coefficient (Wildman–Crippen LogP) is 7.44. The summed E-state index contributed by atoms with van der Waals surface area (Å²) in [5, 5.41) is 4.19. The van der Waals surface area contributed by atoms with Gasteiger partial charge in [-0.1, -0.05) is 44.4 Å². The van der Waals surface area contributed by atoms with E-state index >= 15 is 0 Å². The molecule has 0 saturated carbocycles. The van der Waals surface area contributed by atoms with Crippen molar-refractivity contribution in [3.63, 3.8) is 0 Å². The summed E-state index contributed by atoms with van der Waals surface area (Å²) in [4.78, 5) is 21.8. The van der Waals surface area contributed by atoms with E-state index in [1.807, 2.05) is 32.9 Å². The van der Waals surface area contributed by atoms with Crippen molar-refractivity contribution < 1.29 is 41.7 Å². The summed E-state index contributed by atoms with van der Waals surface area (Å²) in [5.41, 5.74) is 2.52. The SMILES string of the molecule is C#Cc1cccc(Nc2ncnc3cc(OCCOC)c(OCCOC(=O)C4Cc5cc(Cl)c(C(C)(C)C)cc5OC4C(F)(F)F)cc23)c1. The summed E-state index contributed by atoms with van der Waals surface area (Å²) in [6.07, 6.45) is -0.538. The number of fused-ring (bicyclic) bond motifs is 2. The topological polar surface area (TPSA) is 101 Å². The average molecular weight is 698 g/mol. The summed E-state index contributed by atoms with van der Waals surface area (Å²) >= 11 is 6.47. The Hall–Kier alpha value is -4.73. The predicted molar refractivity (Wildman–Crippen MR) is 179 cm³/mol. The number of carbonyl (C=O) groups is 1. The molecule has 1 N–H and O–H groups in total. The molecule has 1 aliphatic rings. The molecule has 1 aromatic heterocycles. The molecule has 0 bridgehead atoms. The fourth-order valence-corrected chi connectivity index (χ4v) is 5.82. The number of nitrogens with one attached hydrogen (secondary N) is 1. The van der Waals surface area contributed by atoms with Gasteiger partial charge < -0.3 is 29.0 Å². The number of esters is 1. The lowest BCUT2D eigenvalue weighted by Crippen LogP contribution is -2.48. The second-order valence-electron chi connectivity index (χ2n) is 12.3. The van der Waals surface area contributed by atoms with Crippen LogP contribution in [0.15, 0.2) is 54.9 Å². The van der Waals surface area contributed by atoms with Crippen molar-refractivity contribution in [2.75, 3.05) is 38.9 Å². The molecule has 2 unspecified atom stereocenters. The Kier molecular flexibility index (Phi) is 10.7. The number of aromatic nitrogens is 2. The molecule has 2 heterocycles. The van der Waals surface area contributed by atoms with Crippen molar-refractivity contribution in [2.24, 2.45) is 5.92 Å². The zero-order valence-electron chi connectivity index (χ0n) is 27.3. The third-order valence-electron chi connectivity index (χ3n) is 7.77. The number of nitrogens with zero attached hydrogens (tertiary/aromatic N) is 2. The molecule has 0 radical (unpaired) electrons. The van der Waals surface area contributed by atoms with Crippen LogP contribution in [0.3, 0.4) is 0 Å². The maximum atomic E-state index is 14.1. The maximum absolute atomic E-state index is 14.1. The molecule has 0 spiro atoms. The van der Waals surface area contributed by atoms with Gasteiger partial charge in [0.2, 0.25) is 6.10 Å². The third kappa shape index (κ3) is 8.47. The van der Waals surface area contributed by atoms with Crippen LogP contribution in [0.4, 0.5) is 24.7 Å². The van der Waals surface area contributed by atoms with Crippen molar-refractivity contribution in [1.82, 2.24) is 9.97 Å². The number of carbonyl (C=O) groups excluding carboxylic acids is 1. The maximum Gasteiger partial charge on any atom is 0.426 e. The molecule has 3 aromatic carbocycles. The number of halogens is 4. The number of rotatable bonds is 11. The lowest BCUT2D eigenvalue weighted by atomic mass is 9.83. The van der Waals surface area contributed by atoms with Crippen LogP contribution in [0.2, 0.25) is 5.02 Å². The van der Waals surface area contributed by atoms with Crippen LogP contribution in [0.5, 0.6) is 17.2 Å². The highest BCUT2D eigenvalue weighted by Gasteiger charge is 2.52. The molecule has 1 aliphatic heterocycles. The van der Waals surface area contributed by atoms with Crippen LogP contribution in [-0.2, 0) is 26.1 Å². The molecular weight excluding hydrogens is 663 g/mol. The number of hydrogen-bond donors (Lipinski definition) is 1. The van der Waals surface area contributed by atoms with E-state index in [2.05, 4.69) is 21.2 Å². The summed E-state index contributed by atoms with van der Waals surface area (Å²) in [6, 6.07) is 13.6. The highest BCUT2D eigenvalue weighted by Crippen LogP contribution is 2.43. The number of terminal acetylenes is 1. The Labute approximate surface area is 287 Å². The van der Waals surface area contributed by atoms with E-state index in [-0.39, 0.29) is 37.7 Å². The van der Waals surface area contributed by atoms with E-state index in [9.17, 15) is 18.0 Å². The number of benzene rings is 3. The fraction of sp³-hybridized carbons (Fsp3) is 0.361. The quantitative estimate of drug-likeness (QED) is 0.0974. The normalized spacial score (nSPS) is 15.9. The molecule has 0 saturated heterocycles. The number of hydrogen-bond acceptors (Lipinski definition) is 9. The van der Waals surface area contributed by atoms with Crippen molar-refractivity contribution in [3.05, 3.63) is 76.6 Å². The molecule has 13 heteroatoms. The minimum absolute atomic E-state index is 0.0444. The molecule has 9 nitrogen and oxygen atoms in total. The van der Waals surface area contributed by atoms with Gasteiger partial charge in [-0.05, 0) is 59.4 Å². The van der Waals surface area contributed by atoms with Crippen LogP contribution >= 0.6 is 11.6 Å². The van der Waals surface area contributed by atoms with Gasteiger partial charge in [-0.25, -0.2) is 9.97 Å². The van der Waals surface area contributed by atoms with Crippen molar-refractivity contribution in [2.45, 2.75) is 44.9 Å². The van der Waals surface area contributed by atoms with E-state index in [0.29, 0.717) is 56.5 Å². The van der Waals surface area contributed by atoms with Gasteiger partial charge in [-0.2, -0.15) is 13.2 Å². The Morgan fingerprint density at radius 2 is 1.78 bits per heavy atom. The summed E-state index contributed by atoms with van der Waals surface area (Å²) < 4.78 is 70.0. The zero-order valence-corrected chi connectivity index (χ0v) is 28.1. The van der Waals surface area contributed by atoms with E-state index in [1.54, 1.807) is 30.3 Å². The Bertz CT molecular complexity index is 1870. The molecule has 5 rings (SSSR count). The molecule has 0 amide bonds. The monoisotopic (exact) mass is 697 g/mol. The third-order valence-corrected chi connectivity index (χ3v) is 8.08. The summed E-state index contributed by atoms with van der Waals surface area (Å²) in [5.74, 6) is 0.976. The summed E-state index contributed by atoms with van der Waals surface area (Å²) in [6.45, 7) is 5.64. The van der Waals surface area contributed by atoms with Crippen LogP contribution in [0, 0.1) is 18.3 Å². The van der Waals surface area contributed by atoms with E-state index in [0.717, 1.165) is 0 Å². The largest absolute Gasteiger partial charge is 0.487 e. The minimum Gasteiger partial charge on any atom is -0.487 e. The minimum atomic E-state index is -4.82. The van der Waals surface area contributed by atoms with Crippen molar-refractivity contribution >= 4 is 40.0 Å². The highest BCUT2D eigenvalue weighted by molar-refractivity contribution is 6.31. The van der Waals surface area contributed by atoms with Gasteiger partial charge in [-0.3, -0.25) is 4.79 Å². The number of ether oxygens (including phenoxy) is 5. The Balaban J connectivity index is 1.32. The van der Waals surface area contributed by atoms with Gasteiger partial charge in [0.1, 0.15) is 43.6 Å². The second kappa shape index (κ2) is 14.8. The molecule has 0 aliphatic carbocycles. The van der Waals surface area contributed by atoms with Crippen LogP contribution in [0.1, 0.15) is 37.5 Å². The summed E-state index contributed by atoms with van der Waals surface area (Å²) in [7, 11) is 1.53. The van der Waals surface area contributed by atoms with Gasteiger partial charge in [0, 0.05) is 34.8 Å². The van der Waals surface area contributed by atoms with Gasteiger partial charge in [0.05, 0.1) is 12.1 Å². The van der Waals surface area contributed by atoms with Gasteiger partial charge in [0.15, 0.2) is 11.5 Å². The number of alkyl halides is 3. The molecule has 258 valence electrons. The molecule has 49 heavy (non-hydrogen) atoms. The highest BCUT2D eigenvalue weighted by atomic mass is 35.5. The van der Waals surface area contributed by atoms with E-state index in [1.165, 1.54) is 19.5 Å². The van der Waals surface area contributed by atoms with E-state index < -0.39 is 29.6 Å². The van der Waals surface area contributed by atoms with E-state index in [4.69, 9.17) is 41.7 Å². The van der Waals surface area contributed by atoms with Gasteiger partial charge in [0.25, 0.3) is 0 Å². The molecule has 4 aromatic rings. The fourth-order valence-electron chi connectivity index (χ4n) is 5.35. The molecule has 2 atom stereocenters. The smallest absolute Gasteiger partial charge is 0.426 e. The van der Waals surface area contributed by atoms with Crippen LogP contribution in [0.25, 0.3) is 10.9 Å². The zero-order chi connectivity index (χ0) is 35.3. The van der Waals surface area contributed by atoms with Crippen molar-refractivity contribution in [3.8, 4) is 29.6 Å². The van der Waals surface area contributed by atoms with Gasteiger partial charge in [-0.15, -0.1) is 6.42 Å². The first-order chi connectivity index (χ1) is 23.3. The second-order valence-corrected chi connectivity index (χ2v) is 12.7. The Morgan fingerprint density at radius 3 is 2.47 bits per heavy atom. The standard InChI is InChI=1S/C36H35ClF3N3O6/c1-6-21-8-7-9-23(14-21)43-33-24-17-30(31(46-11-10-45-5)19-28(24)41-20-42-33)47-12-13-48-34(44)25-15-22-16-27(37)26(35(2,3)4)18-29(22)49-32(25)36(38,39)40/h1,7-9,14,16-20,25,32H,10-13,15H2,2-5H3,(H,41,42,43). The van der Waals surface area contributed by atoms with Crippen LogP contribution in [-0.4, -0.2) is 61.8 Å².